The maximum atomic E-state index is 12.0. The van der Waals surface area contributed by atoms with Crippen molar-refractivity contribution >= 4 is 18.5 Å². The van der Waals surface area contributed by atoms with Crippen LogP contribution in [0.2, 0.25) is 0 Å². The first-order valence-corrected chi connectivity index (χ1v) is 10.4. The second kappa shape index (κ2) is 18.7. The molecular formula is C21H39N6O2+. The van der Waals surface area contributed by atoms with E-state index < -0.39 is 0 Å². The zero-order valence-corrected chi connectivity index (χ0v) is 18.9. The summed E-state index contributed by atoms with van der Waals surface area (Å²) in [7, 11) is 0. The van der Waals surface area contributed by atoms with E-state index in [-0.39, 0.29) is 17.7 Å². The number of pyridine rings is 1. The Morgan fingerprint density at radius 1 is 1.17 bits per heavy atom. The number of amides is 2. The van der Waals surface area contributed by atoms with E-state index in [2.05, 4.69) is 27.6 Å². The van der Waals surface area contributed by atoms with Crippen LogP contribution < -0.4 is 10.6 Å². The van der Waals surface area contributed by atoms with Crippen LogP contribution in [0.25, 0.3) is 0 Å². The number of carbonyl (C=O) groups is 2. The van der Waals surface area contributed by atoms with Gasteiger partial charge in [0.15, 0.2) is 6.54 Å². The lowest BCUT2D eigenvalue weighted by molar-refractivity contribution is -0.552. The molecule has 1 aromatic rings. The van der Waals surface area contributed by atoms with Crippen LogP contribution in [0.1, 0.15) is 76.9 Å². The van der Waals surface area contributed by atoms with E-state index in [9.17, 15) is 9.59 Å². The van der Waals surface area contributed by atoms with Gasteiger partial charge in [-0.15, -0.1) is 4.68 Å². The molecule has 0 bridgehead atoms. The Balaban J connectivity index is 0. The predicted octanol–water partition coefficient (Wildman–Crippen LogP) is 3.97. The number of nitrogens with zero attached hydrogens (tertiary/aromatic N) is 3. The fourth-order valence-electron chi connectivity index (χ4n) is 2.00. The van der Waals surface area contributed by atoms with Crippen LogP contribution in [0.3, 0.4) is 0 Å². The number of nitrogens with one attached hydrogen (secondary N) is 3. The monoisotopic (exact) mass is 407 g/mol. The van der Waals surface area contributed by atoms with Crippen molar-refractivity contribution in [3.05, 3.63) is 29.6 Å². The summed E-state index contributed by atoms with van der Waals surface area (Å²) in [6.45, 7) is 16.9. The van der Waals surface area contributed by atoms with Crippen molar-refractivity contribution in [2.75, 3.05) is 13.1 Å². The van der Waals surface area contributed by atoms with Crippen LogP contribution in [-0.2, 0) is 11.3 Å². The Bertz CT molecular complexity index is 602. The molecule has 0 fully saturated rings. The van der Waals surface area contributed by atoms with Gasteiger partial charge >= 0.3 is 0 Å². The smallest absolute Gasteiger partial charge is 0.252 e. The first-order chi connectivity index (χ1) is 14.0. The molecule has 164 valence electrons. The third kappa shape index (κ3) is 13.2. The van der Waals surface area contributed by atoms with Gasteiger partial charge in [-0.2, -0.15) is 0 Å². The number of carbonyl (C=O) groups excluding carboxylic acids is 2. The summed E-state index contributed by atoms with van der Waals surface area (Å²) in [5.74, 6) is -0.0587. The molecule has 8 nitrogen and oxygen atoms in total. The van der Waals surface area contributed by atoms with E-state index in [1.165, 1.54) is 10.9 Å². The number of hydrogen-bond acceptors (Lipinski definition) is 5. The van der Waals surface area contributed by atoms with Gasteiger partial charge in [0.1, 0.15) is 5.22 Å². The molecule has 2 amide bonds. The second-order valence-corrected chi connectivity index (χ2v) is 5.87. The third-order valence-electron chi connectivity index (χ3n) is 3.82. The molecule has 1 heterocycles. The van der Waals surface area contributed by atoms with E-state index in [4.69, 9.17) is 5.53 Å². The second-order valence-electron chi connectivity index (χ2n) is 5.87. The van der Waals surface area contributed by atoms with E-state index in [0.29, 0.717) is 30.9 Å². The average molecular weight is 408 g/mol. The number of rotatable bonds is 11. The van der Waals surface area contributed by atoms with Gasteiger partial charge in [-0.25, -0.2) is 0 Å². The lowest BCUT2D eigenvalue weighted by Crippen LogP contribution is -2.30. The van der Waals surface area contributed by atoms with Crippen LogP contribution in [-0.4, -0.2) is 41.3 Å². The van der Waals surface area contributed by atoms with Crippen molar-refractivity contribution in [2.24, 2.45) is 11.1 Å². The fraction of sp³-hybridized carbons (Fsp3) is 0.619. The van der Waals surface area contributed by atoms with Crippen LogP contribution in [0.15, 0.2) is 23.6 Å². The molecule has 1 aromatic heterocycles. The van der Waals surface area contributed by atoms with E-state index in [1.54, 1.807) is 12.1 Å². The van der Waals surface area contributed by atoms with Gasteiger partial charge in [-0.1, -0.05) is 41.5 Å². The molecule has 0 aliphatic carbocycles. The van der Waals surface area contributed by atoms with Crippen LogP contribution in [0.4, 0.5) is 0 Å². The van der Waals surface area contributed by atoms with Gasteiger partial charge in [0.25, 0.3) is 5.91 Å². The van der Waals surface area contributed by atoms with Crippen LogP contribution in [0.5, 0.6) is 0 Å². The molecule has 0 radical (unpaired) electrons. The highest BCUT2D eigenvalue weighted by atomic mass is 16.2. The SMILES string of the molecule is C=[N+](Cc1ccc(C(=O)NCCCCNC(=O)C(C)CC)cn1)N=N.CC.CC. The maximum Gasteiger partial charge on any atom is 0.252 e. The molecule has 0 aliphatic heterocycles. The lowest BCUT2D eigenvalue weighted by Gasteiger charge is -2.10. The zero-order valence-electron chi connectivity index (χ0n) is 18.9. The lowest BCUT2D eigenvalue weighted by atomic mass is 10.1. The first-order valence-electron chi connectivity index (χ1n) is 10.4. The Morgan fingerprint density at radius 2 is 1.76 bits per heavy atom. The van der Waals surface area contributed by atoms with Crippen molar-refractivity contribution < 1.29 is 14.3 Å². The molecule has 29 heavy (non-hydrogen) atoms. The molecule has 0 spiro atoms. The van der Waals surface area contributed by atoms with Crippen molar-refractivity contribution in [3.8, 4) is 0 Å². The molecule has 3 N–H and O–H groups in total. The standard InChI is InChI=1S/C17H26N6O2.2C2H6/c1-4-13(2)16(24)19-9-5-6-10-20-17(25)14-7-8-15(21-11-14)12-23(3)22-18;2*1-2/h7-8,11,13,18H,3-6,9-10,12H2,1-2H3,(H-,19,20,24,25);2*1-2H3/p+1. The highest BCUT2D eigenvalue weighted by Crippen LogP contribution is 2.02. The minimum absolute atomic E-state index is 0.0422. The van der Waals surface area contributed by atoms with Gasteiger partial charge in [-0.3, -0.25) is 14.6 Å². The highest BCUT2D eigenvalue weighted by Gasteiger charge is 2.09. The molecule has 1 rings (SSSR count). The number of hydrogen-bond donors (Lipinski definition) is 3. The van der Waals surface area contributed by atoms with Crippen molar-refractivity contribution in [1.82, 2.24) is 15.6 Å². The van der Waals surface area contributed by atoms with Gasteiger partial charge in [0.05, 0.1) is 18.0 Å². The summed E-state index contributed by atoms with van der Waals surface area (Å²) >= 11 is 0. The molecule has 1 unspecified atom stereocenters. The van der Waals surface area contributed by atoms with E-state index in [1.807, 2.05) is 41.5 Å². The number of aromatic nitrogens is 1. The average Bonchev–Trinajstić information content (AvgIpc) is 2.78. The zero-order chi connectivity index (χ0) is 22.7. The molecule has 8 heteroatoms. The number of unbranched alkanes of at least 4 members (excludes halogenated alkanes) is 1. The van der Waals surface area contributed by atoms with Crippen molar-refractivity contribution in [3.63, 3.8) is 0 Å². The Labute approximate surface area is 175 Å². The van der Waals surface area contributed by atoms with Crippen LogP contribution >= 0.6 is 0 Å². The summed E-state index contributed by atoms with van der Waals surface area (Å²) in [4.78, 5) is 27.8. The molecular weight excluding hydrogens is 368 g/mol. The molecule has 0 aliphatic rings. The van der Waals surface area contributed by atoms with E-state index in [0.717, 1.165) is 19.3 Å². The summed E-state index contributed by atoms with van der Waals surface area (Å²) in [6, 6.07) is 3.39. The molecule has 0 aromatic carbocycles. The van der Waals surface area contributed by atoms with Crippen molar-refractivity contribution in [2.45, 2.75) is 67.3 Å². The topological polar surface area (TPSA) is 110 Å². The molecule has 0 saturated heterocycles. The van der Waals surface area contributed by atoms with Crippen LogP contribution in [0, 0.1) is 11.4 Å². The Morgan fingerprint density at radius 3 is 2.24 bits per heavy atom. The minimum atomic E-state index is -0.181. The highest BCUT2D eigenvalue weighted by molar-refractivity contribution is 5.93. The first kappa shape index (κ1) is 28.6. The summed E-state index contributed by atoms with van der Waals surface area (Å²) in [5, 5.41) is 8.88. The summed E-state index contributed by atoms with van der Waals surface area (Å²) in [6.07, 6.45) is 3.93. The largest absolute Gasteiger partial charge is 0.356 e. The predicted molar refractivity (Wildman–Crippen MR) is 117 cm³/mol. The van der Waals surface area contributed by atoms with Gasteiger partial charge in [0, 0.05) is 30.7 Å². The fourth-order valence-corrected chi connectivity index (χ4v) is 2.00. The van der Waals surface area contributed by atoms with Gasteiger partial charge < -0.3 is 10.6 Å². The summed E-state index contributed by atoms with van der Waals surface area (Å²) < 4.78 is 1.20. The van der Waals surface area contributed by atoms with Crippen molar-refractivity contribution in [1.29, 1.82) is 5.53 Å². The van der Waals surface area contributed by atoms with Gasteiger partial charge in [0.2, 0.25) is 5.91 Å². The van der Waals surface area contributed by atoms with Gasteiger partial charge in [-0.05, 0) is 31.4 Å². The summed E-state index contributed by atoms with van der Waals surface area (Å²) in [5.41, 5.74) is 7.98. The maximum absolute atomic E-state index is 12.0. The molecule has 0 saturated carbocycles. The molecule has 1 atom stereocenters. The normalized spacial score (nSPS) is 10.3. The minimum Gasteiger partial charge on any atom is -0.356 e. The third-order valence-corrected chi connectivity index (χ3v) is 3.82. The Kier molecular flexibility index (Phi) is 18.4. The van der Waals surface area contributed by atoms with E-state index >= 15 is 0 Å². The Hall–Kier alpha value is -2.64. The quantitative estimate of drug-likeness (QED) is 0.170.